The largest absolute Gasteiger partial charge is 0.335 e. The summed E-state index contributed by atoms with van der Waals surface area (Å²) in [6, 6.07) is 2.15. The average molecular weight is 232 g/mol. The summed E-state index contributed by atoms with van der Waals surface area (Å²) >= 11 is 0. The molecule has 2 fully saturated rings. The third-order valence-electron chi connectivity index (χ3n) is 3.88. The van der Waals surface area contributed by atoms with Crippen molar-refractivity contribution in [2.24, 2.45) is 11.8 Å². The summed E-state index contributed by atoms with van der Waals surface area (Å²) in [7, 11) is 0. The molecule has 0 aromatic carbocycles. The fraction of sp³-hybridized carbons (Fsp3) is 0.500. The summed E-state index contributed by atoms with van der Waals surface area (Å²) in [6.07, 6.45) is 6.79. The number of amides is 1. The van der Waals surface area contributed by atoms with Gasteiger partial charge in [-0.15, -0.1) is 0 Å². The lowest BCUT2D eigenvalue weighted by molar-refractivity contribution is 0.0704. The molecule has 1 aliphatic heterocycles. The Morgan fingerprint density at radius 3 is 3.06 bits per heavy atom. The van der Waals surface area contributed by atoms with Crippen LogP contribution in [0.3, 0.4) is 0 Å². The van der Waals surface area contributed by atoms with Gasteiger partial charge in [0.2, 0.25) is 0 Å². The number of nitrogens with two attached hydrogens (primary N) is 1. The van der Waals surface area contributed by atoms with Crippen LogP contribution < -0.4 is 11.3 Å². The zero-order valence-electron chi connectivity index (χ0n) is 9.60. The third-order valence-corrected chi connectivity index (χ3v) is 3.88. The number of hydrazine groups is 1. The Bertz CT molecular complexity index is 448. The van der Waals surface area contributed by atoms with E-state index in [1.807, 2.05) is 4.90 Å². The Balaban J connectivity index is 1.86. The molecular formula is C12H16N4O. The molecule has 1 amide bonds. The molecule has 2 atom stereocenters. The van der Waals surface area contributed by atoms with Crippen molar-refractivity contribution in [2.45, 2.75) is 25.3 Å². The smallest absolute Gasteiger partial charge is 0.257 e. The van der Waals surface area contributed by atoms with Gasteiger partial charge in [0, 0.05) is 25.0 Å². The molecule has 5 heteroatoms. The van der Waals surface area contributed by atoms with Crippen LogP contribution in [0.2, 0.25) is 0 Å². The third kappa shape index (κ3) is 1.67. The number of nitrogen functional groups attached to an aromatic ring is 1. The van der Waals surface area contributed by atoms with E-state index >= 15 is 0 Å². The second-order valence-electron chi connectivity index (χ2n) is 4.86. The van der Waals surface area contributed by atoms with Crippen molar-refractivity contribution in [2.75, 3.05) is 12.0 Å². The summed E-state index contributed by atoms with van der Waals surface area (Å²) < 4.78 is 0. The molecule has 2 heterocycles. The summed E-state index contributed by atoms with van der Waals surface area (Å²) in [5.41, 5.74) is 3.77. The molecule has 1 saturated carbocycles. The van der Waals surface area contributed by atoms with E-state index < -0.39 is 0 Å². The average Bonchev–Trinajstić information content (AvgIpc) is 3.00. The molecule has 0 spiro atoms. The Morgan fingerprint density at radius 1 is 1.53 bits per heavy atom. The van der Waals surface area contributed by atoms with Crippen LogP contribution in [-0.4, -0.2) is 28.4 Å². The van der Waals surface area contributed by atoms with Crippen LogP contribution in [0, 0.1) is 5.92 Å². The monoisotopic (exact) mass is 232 g/mol. The highest BCUT2D eigenvalue weighted by Gasteiger charge is 2.40. The van der Waals surface area contributed by atoms with Crippen molar-refractivity contribution in [1.82, 2.24) is 9.88 Å². The van der Waals surface area contributed by atoms with Crippen LogP contribution in [0.5, 0.6) is 0 Å². The maximum Gasteiger partial charge on any atom is 0.257 e. The Labute approximate surface area is 100.0 Å². The number of hydrogen-bond acceptors (Lipinski definition) is 4. The van der Waals surface area contributed by atoms with Gasteiger partial charge in [-0.05, 0) is 31.2 Å². The lowest BCUT2D eigenvalue weighted by Gasteiger charge is -2.27. The second-order valence-corrected chi connectivity index (χ2v) is 4.86. The molecule has 3 N–H and O–H groups in total. The highest BCUT2D eigenvalue weighted by atomic mass is 16.2. The number of nitrogens with zero attached hydrogens (tertiary/aromatic N) is 2. The highest BCUT2D eigenvalue weighted by Crippen LogP contribution is 2.38. The standard InChI is InChI=1S/C12H16N4O/c13-15-11-3-4-14-6-10(11)12(17)16-7-8-1-2-9(16)5-8/h3-4,6,8-9H,1-2,5,7,13H2,(H,14,15). The number of pyridine rings is 1. The summed E-state index contributed by atoms with van der Waals surface area (Å²) in [6.45, 7) is 0.891. The van der Waals surface area contributed by atoms with Gasteiger partial charge in [0.1, 0.15) is 0 Å². The topological polar surface area (TPSA) is 71.2 Å². The number of piperidine rings is 1. The van der Waals surface area contributed by atoms with Crippen molar-refractivity contribution in [3.63, 3.8) is 0 Å². The number of rotatable bonds is 2. The van der Waals surface area contributed by atoms with Gasteiger partial charge < -0.3 is 10.3 Å². The minimum atomic E-state index is 0.0539. The van der Waals surface area contributed by atoms with Crippen molar-refractivity contribution in [3.05, 3.63) is 24.0 Å². The first kappa shape index (κ1) is 10.5. The Morgan fingerprint density at radius 2 is 2.41 bits per heavy atom. The summed E-state index contributed by atoms with van der Waals surface area (Å²) in [5.74, 6) is 6.17. The molecule has 17 heavy (non-hydrogen) atoms. The first-order chi connectivity index (χ1) is 8.29. The van der Waals surface area contributed by atoms with E-state index in [4.69, 9.17) is 5.84 Å². The second kappa shape index (κ2) is 4.00. The van der Waals surface area contributed by atoms with Crippen LogP contribution in [0.25, 0.3) is 0 Å². The lowest BCUT2D eigenvalue weighted by Crippen LogP contribution is -2.38. The van der Waals surface area contributed by atoms with Crippen LogP contribution in [0.15, 0.2) is 18.5 Å². The Hall–Kier alpha value is -1.62. The first-order valence-corrected chi connectivity index (χ1v) is 6.01. The lowest BCUT2D eigenvalue weighted by atomic mass is 10.1. The van der Waals surface area contributed by atoms with Gasteiger partial charge in [0.15, 0.2) is 0 Å². The van der Waals surface area contributed by atoms with Gasteiger partial charge in [0.05, 0.1) is 11.3 Å². The Kier molecular flexibility index (Phi) is 2.48. The number of aromatic nitrogens is 1. The van der Waals surface area contributed by atoms with Crippen LogP contribution in [0.4, 0.5) is 5.69 Å². The predicted molar refractivity (Wildman–Crippen MR) is 64.2 cm³/mol. The number of anilines is 1. The quantitative estimate of drug-likeness (QED) is 0.589. The number of carbonyl (C=O) groups excluding carboxylic acids is 1. The zero-order valence-corrected chi connectivity index (χ0v) is 9.60. The number of nitrogens with one attached hydrogen (secondary N) is 1. The molecule has 1 saturated heterocycles. The fourth-order valence-electron chi connectivity index (χ4n) is 3.02. The molecule has 1 aliphatic carbocycles. The van der Waals surface area contributed by atoms with Crippen molar-refractivity contribution >= 4 is 11.6 Å². The maximum atomic E-state index is 12.4. The van der Waals surface area contributed by atoms with E-state index in [2.05, 4.69) is 10.4 Å². The number of fused-ring (bicyclic) bond motifs is 2. The fourth-order valence-corrected chi connectivity index (χ4v) is 3.02. The molecule has 3 rings (SSSR count). The van der Waals surface area contributed by atoms with Gasteiger partial charge in [-0.25, -0.2) is 0 Å². The van der Waals surface area contributed by atoms with E-state index in [1.54, 1.807) is 18.5 Å². The molecule has 2 bridgehead atoms. The normalized spacial score (nSPS) is 26.3. The molecule has 1 aromatic rings. The van der Waals surface area contributed by atoms with Gasteiger partial charge in [0.25, 0.3) is 5.91 Å². The van der Waals surface area contributed by atoms with Crippen LogP contribution >= 0.6 is 0 Å². The molecule has 0 radical (unpaired) electrons. The van der Waals surface area contributed by atoms with E-state index in [9.17, 15) is 4.79 Å². The van der Waals surface area contributed by atoms with Crippen LogP contribution in [0.1, 0.15) is 29.6 Å². The minimum absolute atomic E-state index is 0.0539. The summed E-state index contributed by atoms with van der Waals surface area (Å²) in [4.78, 5) is 18.4. The van der Waals surface area contributed by atoms with E-state index in [-0.39, 0.29) is 5.91 Å². The SMILES string of the molecule is NNc1ccncc1C(=O)N1CC2CCC1C2. The number of hydrogen-bond donors (Lipinski definition) is 2. The van der Waals surface area contributed by atoms with Crippen LogP contribution in [-0.2, 0) is 0 Å². The molecule has 2 unspecified atom stereocenters. The molecular weight excluding hydrogens is 216 g/mol. The van der Waals surface area contributed by atoms with Crippen molar-refractivity contribution in [3.8, 4) is 0 Å². The molecule has 5 nitrogen and oxygen atoms in total. The highest BCUT2D eigenvalue weighted by molar-refractivity contribution is 5.99. The van der Waals surface area contributed by atoms with E-state index in [0.29, 0.717) is 23.2 Å². The van der Waals surface area contributed by atoms with Gasteiger partial charge in [-0.1, -0.05) is 0 Å². The van der Waals surface area contributed by atoms with E-state index in [0.717, 1.165) is 19.4 Å². The molecule has 1 aromatic heterocycles. The predicted octanol–water partition coefficient (Wildman–Crippen LogP) is 0.992. The van der Waals surface area contributed by atoms with E-state index in [1.165, 1.54) is 6.42 Å². The van der Waals surface area contributed by atoms with Gasteiger partial charge >= 0.3 is 0 Å². The minimum Gasteiger partial charge on any atom is -0.335 e. The number of carbonyl (C=O) groups is 1. The molecule has 2 aliphatic rings. The molecule has 90 valence electrons. The maximum absolute atomic E-state index is 12.4. The number of likely N-dealkylation sites (tertiary alicyclic amines) is 1. The summed E-state index contributed by atoms with van der Waals surface area (Å²) in [5, 5.41) is 0. The van der Waals surface area contributed by atoms with Gasteiger partial charge in [-0.3, -0.25) is 15.6 Å². The van der Waals surface area contributed by atoms with Crippen molar-refractivity contribution < 1.29 is 4.79 Å². The first-order valence-electron chi connectivity index (χ1n) is 6.01. The van der Waals surface area contributed by atoms with Gasteiger partial charge in [-0.2, -0.15) is 0 Å². The zero-order chi connectivity index (χ0) is 11.8. The van der Waals surface area contributed by atoms with Crippen molar-refractivity contribution in [1.29, 1.82) is 0 Å².